The van der Waals surface area contributed by atoms with Gasteiger partial charge < -0.3 is 21.1 Å². The molecule has 2 aliphatic rings. The SMILES string of the molecule is O=C1CN(Cc2cc(Nc3nc4cccnc4s3)nc(NC3CCC(O)CC3)n2)CCN1. The maximum absolute atomic E-state index is 11.8. The van der Waals surface area contributed by atoms with Crippen LogP contribution in [0.1, 0.15) is 31.4 Å². The molecule has 0 radical (unpaired) electrons. The van der Waals surface area contributed by atoms with Gasteiger partial charge in [-0.1, -0.05) is 11.3 Å². The van der Waals surface area contributed by atoms with E-state index in [2.05, 4.69) is 35.8 Å². The van der Waals surface area contributed by atoms with Crippen LogP contribution >= 0.6 is 11.3 Å². The van der Waals surface area contributed by atoms with Gasteiger partial charge in [0.2, 0.25) is 11.9 Å². The number of carbonyl (C=O) groups excluding carboxylic acids is 1. The first kappa shape index (κ1) is 21.0. The van der Waals surface area contributed by atoms with Crippen molar-refractivity contribution in [2.45, 2.75) is 44.4 Å². The van der Waals surface area contributed by atoms with Crippen molar-refractivity contribution < 1.29 is 9.90 Å². The van der Waals surface area contributed by atoms with Crippen LogP contribution in [-0.2, 0) is 11.3 Å². The zero-order chi connectivity index (χ0) is 21.9. The number of rotatable bonds is 6. The molecule has 0 bridgehead atoms. The molecule has 4 N–H and O–H groups in total. The summed E-state index contributed by atoms with van der Waals surface area (Å²) in [4.78, 5) is 33.0. The van der Waals surface area contributed by atoms with Crippen LogP contribution in [0.2, 0.25) is 0 Å². The Balaban J connectivity index is 1.38. The number of aromatic nitrogens is 4. The molecule has 1 aliphatic heterocycles. The van der Waals surface area contributed by atoms with Crippen LogP contribution in [0.5, 0.6) is 0 Å². The van der Waals surface area contributed by atoms with Crippen molar-refractivity contribution >= 4 is 44.5 Å². The number of nitrogens with one attached hydrogen (secondary N) is 3. The number of carbonyl (C=O) groups is 1. The van der Waals surface area contributed by atoms with E-state index >= 15 is 0 Å². The third-order valence-electron chi connectivity index (χ3n) is 5.71. The molecule has 1 saturated carbocycles. The minimum atomic E-state index is -0.213. The molecule has 0 atom stereocenters. The summed E-state index contributed by atoms with van der Waals surface area (Å²) in [7, 11) is 0. The van der Waals surface area contributed by atoms with Crippen molar-refractivity contribution in [3.05, 3.63) is 30.1 Å². The van der Waals surface area contributed by atoms with Crippen LogP contribution in [0.15, 0.2) is 24.4 Å². The summed E-state index contributed by atoms with van der Waals surface area (Å²) >= 11 is 1.47. The first-order chi connectivity index (χ1) is 15.6. The van der Waals surface area contributed by atoms with Gasteiger partial charge in [0, 0.05) is 37.9 Å². The fourth-order valence-electron chi connectivity index (χ4n) is 4.10. The molecule has 3 aromatic rings. The Morgan fingerprint density at radius 3 is 2.91 bits per heavy atom. The number of anilines is 3. The highest BCUT2D eigenvalue weighted by Gasteiger charge is 2.21. The molecule has 1 saturated heterocycles. The monoisotopic (exact) mass is 454 g/mol. The number of pyridine rings is 1. The third kappa shape index (κ3) is 5.12. The van der Waals surface area contributed by atoms with Crippen LogP contribution in [0.3, 0.4) is 0 Å². The maximum atomic E-state index is 11.8. The first-order valence-electron chi connectivity index (χ1n) is 10.9. The zero-order valence-corrected chi connectivity index (χ0v) is 18.4. The molecular weight excluding hydrogens is 428 g/mol. The van der Waals surface area contributed by atoms with Crippen LogP contribution in [0.25, 0.3) is 10.3 Å². The number of amides is 1. The Bertz CT molecular complexity index is 1070. The van der Waals surface area contributed by atoms with E-state index in [1.165, 1.54) is 11.3 Å². The van der Waals surface area contributed by atoms with Gasteiger partial charge in [-0.3, -0.25) is 9.69 Å². The van der Waals surface area contributed by atoms with E-state index in [4.69, 9.17) is 4.98 Å². The lowest BCUT2D eigenvalue weighted by molar-refractivity contribution is -0.124. The van der Waals surface area contributed by atoms with Crippen molar-refractivity contribution in [3.63, 3.8) is 0 Å². The summed E-state index contributed by atoms with van der Waals surface area (Å²) in [5.41, 5.74) is 1.67. The molecule has 3 aromatic heterocycles. The topological polar surface area (TPSA) is 128 Å². The number of fused-ring (bicyclic) bond motifs is 1. The van der Waals surface area contributed by atoms with Gasteiger partial charge in [-0.05, 0) is 37.8 Å². The van der Waals surface area contributed by atoms with Gasteiger partial charge in [0.25, 0.3) is 0 Å². The quantitative estimate of drug-likeness (QED) is 0.441. The summed E-state index contributed by atoms with van der Waals surface area (Å²) in [6.07, 6.45) is 4.87. The van der Waals surface area contributed by atoms with Crippen LogP contribution in [-0.4, -0.2) is 67.6 Å². The lowest BCUT2D eigenvalue weighted by atomic mass is 9.93. The van der Waals surface area contributed by atoms with Crippen LogP contribution in [0.4, 0.5) is 16.9 Å². The van der Waals surface area contributed by atoms with Gasteiger partial charge in [0.15, 0.2) is 5.13 Å². The zero-order valence-electron chi connectivity index (χ0n) is 17.6. The average Bonchev–Trinajstić information content (AvgIpc) is 3.17. The van der Waals surface area contributed by atoms with Gasteiger partial charge in [-0.2, -0.15) is 4.98 Å². The fraction of sp³-hybridized carbons (Fsp3) is 0.476. The summed E-state index contributed by atoms with van der Waals surface area (Å²) in [6.45, 7) is 2.35. The number of thiazole rings is 1. The molecule has 10 nitrogen and oxygen atoms in total. The second kappa shape index (κ2) is 9.31. The molecule has 0 aromatic carbocycles. The van der Waals surface area contributed by atoms with E-state index in [1.54, 1.807) is 6.20 Å². The van der Waals surface area contributed by atoms with Gasteiger partial charge in [0.1, 0.15) is 16.2 Å². The molecule has 0 spiro atoms. The molecule has 32 heavy (non-hydrogen) atoms. The largest absolute Gasteiger partial charge is 0.393 e. The molecule has 0 unspecified atom stereocenters. The van der Waals surface area contributed by atoms with E-state index in [0.717, 1.165) is 48.3 Å². The summed E-state index contributed by atoms with van der Waals surface area (Å²) in [6, 6.07) is 5.93. The van der Waals surface area contributed by atoms with Crippen LogP contribution < -0.4 is 16.0 Å². The van der Waals surface area contributed by atoms with Crippen molar-refractivity contribution in [1.82, 2.24) is 30.2 Å². The molecule has 1 amide bonds. The first-order valence-corrected chi connectivity index (χ1v) is 11.7. The Kier molecular flexibility index (Phi) is 6.10. The number of aliphatic hydroxyl groups is 1. The maximum Gasteiger partial charge on any atom is 0.234 e. The van der Waals surface area contributed by atoms with Gasteiger partial charge >= 0.3 is 0 Å². The molecule has 168 valence electrons. The normalized spacial score (nSPS) is 22.0. The fourth-order valence-corrected chi connectivity index (χ4v) is 4.91. The number of hydrogen-bond donors (Lipinski definition) is 4. The highest BCUT2D eigenvalue weighted by atomic mass is 32.1. The standard InChI is InChI=1S/C21H26N8O2S/c30-15-5-3-13(4-6-15)24-20-25-14(11-29-9-8-22-18(31)12-29)10-17(27-20)28-21-26-16-2-1-7-23-19(16)32-21/h1-2,7,10,13,15,30H,3-6,8-9,11-12H2,(H,22,31)(H2,24,25,26,27,28). The van der Waals surface area contributed by atoms with E-state index in [0.29, 0.717) is 36.5 Å². The highest BCUT2D eigenvalue weighted by Crippen LogP contribution is 2.27. The van der Waals surface area contributed by atoms with E-state index in [1.807, 2.05) is 18.2 Å². The molecule has 5 rings (SSSR count). The molecule has 2 fully saturated rings. The third-order valence-corrected chi connectivity index (χ3v) is 6.61. The predicted molar refractivity (Wildman–Crippen MR) is 123 cm³/mol. The molecule has 11 heteroatoms. The van der Waals surface area contributed by atoms with Gasteiger partial charge in [-0.15, -0.1) is 0 Å². The minimum Gasteiger partial charge on any atom is -0.393 e. The van der Waals surface area contributed by atoms with Crippen molar-refractivity contribution in [1.29, 1.82) is 0 Å². The Morgan fingerprint density at radius 2 is 2.09 bits per heavy atom. The minimum absolute atomic E-state index is 0.0322. The summed E-state index contributed by atoms with van der Waals surface area (Å²) in [5, 5.41) is 20.1. The molecule has 1 aliphatic carbocycles. The average molecular weight is 455 g/mol. The number of aliphatic hydroxyl groups excluding tert-OH is 1. The van der Waals surface area contributed by atoms with Crippen molar-refractivity contribution in [2.24, 2.45) is 0 Å². The van der Waals surface area contributed by atoms with Gasteiger partial charge in [-0.25, -0.2) is 15.0 Å². The van der Waals surface area contributed by atoms with Crippen LogP contribution in [0, 0.1) is 0 Å². The summed E-state index contributed by atoms with van der Waals surface area (Å²) < 4.78 is 0. The number of piperazine rings is 1. The lowest BCUT2D eigenvalue weighted by Crippen LogP contribution is -2.47. The lowest BCUT2D eigenvalue weighted by Gasteiger charge is -2.27. The Labute approximate surface area is 189 Å². The Morgan fingerprint density at radius 1 is 1.22 bits per heavy atom. The smallest absolute Gasteiger partial charge is 0.234 e. The molecule has 4 heterocycles. The van der Waals surface area contributed by atoms with Crippen molar-refractivity contribution in [3.8, 4) is 0 Å². The van der Waals surface area contributed by atoms with E-state index in [9.17, 15) is 9.90 Å². The predicted octanol–water partition coefficient (Wildman–Crippen LogP) is 1.87. The van der Waals surface area contributed by atoms with Gasteiger partial charge in [0.05, 0.1) is 18.3 Å². The van der Waals surface area contributed by atoms with Crippen molar-refractivity contribution in [2.75, 3.05) is 30.3 Å². The number of nitrogens with zero attached hydrogens (tertiary/aromatic N) is 5. The second-order valence-electron chi connectivity index (χ2n) is 8.25. The van der Waals surface area contributed by atoms with E-state index in [-0.39, 0.29) is 18.1 Å². The second-order valence-corrected chi connectivity index (χ2v) is 9.23. The molecular formula is C21H26N8O2S. The van der Waals surface area contributed by atoms with E-state index < -0.39 is 0 Å². The number of hydrogen-bond acceptors (Lipinski definition) is 10. The summed E-state index contributed by atoms with van der Waals surface area (Å²) in [5.74, 6) is 1.23. The highest BCUT2D eigenvalue weighted by molar-refractivity contribution is 7.21. The Hall–Kier alpha value is -2.89.